The second kappa shape index (κ2) is 7.61. The van der Waals surface area contributed by atoms with Crippen LogP contribution >= 0.6 is 0 Å². The Balaban J connectivity index is 1.83. The fraction of sp³-hybridized carbons (Fsp3) is 0.812. The van der Waals surface area contributed by atoms with Gasteiger partial charge < -0.3 is 10.2 Å². The Labute approximate surface area is 132 Å². The molecule has 6 heteroatoms. The van der Waals surface area contributed by atoms with Crippen LogP contribution in [0.1, 0.15) is 39.5 Å². The van der Waals surface area contributed by atoms with Crippen LogP contribution in [0.3, 0.4) is 0 Å². The number of nitrogens with one attached hydrogen (secondary N) is 1. The van der Waals surface area contributed by atoms with Crippen LogP contribution in [0.2, 0.25) is 0 Å². The molecule has 2 heterocycles. The van der Waals surface area contributed by atoms with E-state index in [0.29, 0.717) is 44.2 Å². The zero-order valence-electron chi connectivity index (χ0n) is 14.0. The van der Waals surface area contributed by atoms with Gasteiger partial charge in [0.05, 0.1) is 0 Å². The molecule has 2 unspecified atom stereocenters. The van der Waals surface area contributed by atoms with Gasteiger partial charge in [-0.1, -0.05) is 13.8 Å². The maximum absolute atomic E-state index is 11.8. The quantitative estimate of drug-likeness (QED) is 0.481. The van der Waals surface area contributed by atoms with Crippen LogP contribution in [-0.4, -0.2) is 60.8 Å². The third kappa shape index (κ3) is 4.21. The van der Waals surface area contributed by atoms with Crippen LogP contribution in [0.15, 0.2) is 4.99 Å². The number of guanidine groups is 1. The third-order valence-corrected chi connectivity index (χ3v) is 4.38. The Morgan fingerprint density at radius 2 is 1.77 bits per heavy atom. The van der Waals surface area contributed by atoms with Gasteiger partial charge in [0.25, 0.3) is 0 Å². The normalized spacial score (nSPS) is 27.3. The predicted molar refractivity (Wildman–Crippen MR) is 86.5 cm³/mol. The van der Waals surface area contributed by atoms with Gasteiger partial charge in [0.15, 0.2) is 5.96 Å². The number of piperidine rings is 2. The first-order valence-corrected chi connectivity index (χ1v) is 8.30. The summed E-state index contributed by atoms with van der Waals surface area (Å²) in [4.78, 5) is 31.5. The Bertz CT molecular complexity index is 423. The molecule has 2 saturated heterocycles. The van der Waals surface area contributed by atoms with Crippen molar-refractivity contribution in [1.29, 1.82) is 0 Å². The fourth-order valence-corrected chi connectivity index (χ4v) is 3.50. The zero-order chi connectivity index (χ0) is 16.1. The standard InChI is InChI=1S/C16H28N4O2/c1-12-9-13(2)11-19(10-12)16(17-3)18-7-8-20-14(21)5-4-6-15(20)22/h12-13H,4-11H2,1-3H3,(H,17,18). The predicted octanol–water partition coefficient (Wildman–Crippen LogP) is 1.08. The number of likely N-dealkylation sites (tertiary alicyclic amines) is 2. The second-order valence-corrected chi connectivity index (χ2v) is 6.62. The molecule has 2 aliphatic rings. The summed E-state index contributed by atoms with van der Waals surface area (Å²) < 4.78 is 0. The summed E-state index contributed by atoms with van der Waals surface area (Å²) in [5.74, 6) is 2.09. The lowest BCUT2D eigenvalue weighted by atomic mass is 9.92. The van der Waals surface area contributed by atoms with Crippen molar-refractivity contribution in [1.82, 2.24) is 15.1 Å². The van der Waals surface area contributed by atoms with Crippen molar-refractivity contribution in [2.45, 2.75) is 39.5 Å². The third-order valence-electron chi connectivity index (χ3n) is 4.38. The van der Waals surface area contributed by atoms with Gasteiger partial charge in [-0.2, -0.15) is 0 Å². The van der Waals surface area contributed by atoms with Crippen LogP contribution < -0.4 is 5.32 Å². The molecule has 0 saturated carbocycles. The summed E-state index contributed by atoms with van der Waals surface area (Å²) in [5, 5.41) is 3.30. The van der Waals surface area contributed by atoms with E-state index in [0.717, 1.165) is 19.0 Å². The van der Waals surface area contributed by atoms with Crippen molar-refractivity contribution in [2.24, 2.45) is 16.8 Å². The van der Waals surface area contributed by atoms with Gasteiger partial charge in [-0.05, 0) is 24.7 Å². The number of nitrogens with zero attached hydrogens (tertiary/aromatic N) is 3. The molecule has 0 spiro atoms. The average Bonchev–Trinajstić information content (AvgIpc) is 2.45. The van der Waals surface area contributed by atoms with Crippen LogP contribution in [0.25, 0.3) is 0 Å². The van der Waals surface area contributed by atoms with E-state index in [1.54, 1.807) is 7.05 Å². The van der Waals surface area contributed by atoms with E-state index < -0.39 is 0 Å². The van der Waals surface area contributed by atoms with Crippen LogP contribution in [-0.2, 0) is 9.59 Å². The van der Waals surface area contributed by atoms with Crippen molar-refractivity contribution >= 4 is 17.8 Å². The molecule has 2 fully saturated rings. The number of carbonyl (C=O) groups excluding carboxylic acids is 2. The van der Waals surface area contributed by atoms with E-state index in [2.05, 4.69) is 29.1 Å². The highest BCUT2D eigenvalue weighted by molar-refractivity contribution is 5.97. The van der Waals surface area contributed by atoms with Gasteiger partial charge in [-0.3, -0.25) is 19.5 Å². The smallest absolute Gasteiger partial charge is 0.229 e. The number of carbonyl (C=O) groups is 2. The monoisotopic (exact) mass is 308 g/mol. The first-order chi connectivity index (χ1) is 10.5. The minimum absolute atomic E-state index is 0.0479. The number of imide groups is 1. The van der Waals surface area contributed by atoms with E-state index in [4.69, 9.17) is 0 Å². The van der Waals surface area contributed by atoms with Crippen LogP contribution in [0, 0.1) is 11.8 Å². The summed E-state index contributed by atoms with van der Waals surface area (Å²) in [7, 11) is 1.78. The Morgan fingerprint density at radius 1 is 1.18 bits per heavy atom. The molecule has 22 heavy (non-hydrogen) atoms. The van der Waals surface area contributed by atoms with E-state index in [9.17, 15) is 9.59 Å². The molecule has 1 N–H and O–H groups in total. The summed E-state index contributed by atoms with van der Waals surface area (Å²) >= 11 is 0. The summed E-state index contributed by atoms with van der Waals surface area (Å²) in [6, 6.07) is 0. The first kappa shape index (κ1) is 16.8. The number of aliphatic imine (C=N–C) groups is 1. The van der Waals surface area contributed by atoms with Gasteiger partial charge in [0.1, 0.15) is 0 Å². The van der Waals surface area contributed by atoms with Crippen LogP contribution in [0.4, 0.5) is 0 Å². The summed E-state index contributed by atoms with van der Waals surface area (Å²) in [5.41, 5.74) is 0. The second-order valence-electron chi connectivity index (χ2n) is 6.62. The fourth-order valence-electron chi connectivity index (χ4n) is 3.50. The van der Waals surface area contributed by atoms with E-state index in [1.807, 2.05) is 0 Å². The van der Waals surface area contributed by atoms with E-state index >= 15 is 0 Å². The molecule has 2 atom stereocenters. The highest BCUT2D eigenvalue weighted by atomic mass is 16.2. The van der Waals surface area contributed by atoms with E-state index in [-0.39, 0.29) is 11.8 Å². The molecular weight excluding hydrogens is 280 g/mol. The molecule has 0 aromatic carbocycles. The first-order valence-electron chi connectivity index (χ1n) is 8.30. The average molecular weight is 308 g/mol. The van der Waals surface area contributed by atoms with Crippen molar-refractivity contribution in [3.05, 3.63) is 0 Å². The Hall–Kier alpha value is -1.59. The number of rotatable bonds is 3. The van der Waals surface area contributed by atoms with Crippen molar-refractivity contribution in [2.75, 3.05) is 33.2 Å². The highest BCUT2D eigenvalue weighted by Crippen LogP contribution is 2.20. The maximum atomic E-state index is 11.8. The SMILES string of the molecule is CN=C(NCCN1C(=O)CCCC1=O)N1CC(C)CC(C)C1. The zero-order valence-corrected chi connectivity index (χ0v) is 14.0. The molecule has 6 nitrogen and oxygen atoms in total. The van der Waals surface area contributed by atoms with Gasteiger partial charge >= 0.3 is 0 Å². The number of amides is 2. The van der Waals surface area contributed by atoms with Gasteiger partial charge in [-0.15, -0.1) is 0 Å². The van der Waals surface area contributed by atoms with Crippen LogP contribution in [0.5, 0.6) is 0 Å². The molecule has 0 radical (unpaired) electrons. The van der Waals surface area contributed by atoms with Gasteiger partial charge in [0, 0.05) is 46.1 Å². The Morgan fingerprint density at radius 3 is 2.32 bits per heavy atom. The molecular formula is C16H28N4O2. The Kier molecular flexibility index (Phi) is 5.80. The van der Waals surface area contributed by atoms with Gasteiger partial charge in [-0.25, -0.2) is 0 Å². The van der Waals surface area contributed by atoms with Crippen molar-refractivity contribution < 1.29 is 9.59 Å². The maximum Gasteiger partial charge on any atom is 0.229 e. The van der Waals surface area contributed by atoms with Crippen molar-refractivity contribution in [3.63, 3.8) is 0 Å². The molecule has 2 aliphatic heterocycles. The molecule has 124 valence electrons. The highest BCUT2D eigenvalue weighted by Gasteiger charge is 2.26. The summed E-state index contributed by atoms with van der Waals surface area (Å²) in [6.07, 6.45) is 2.92. The molecule has 0 aromatic heterocycles. The number of hydrogen-bond donors (Lipinski definition) is 1. The molecule has 0 bridgehead atoms. The lowest BCUT2D eigenvalue weighted by Gasteiger charge is -2.37. The lowest BCUT2D eigenvalue weighted by Crippen LogP contribution is -2.51. The number of hydrogen-bond acceptors (Lipinski definition) is 3. The topological polar surface area (TPSA) is 65.0 Å². The molecule has 2 rings (SSSR count). The van der Waals surface area contributed by atoms with E-state index in [1.165, 1.54) is 11.3 Å². The molecule has 0 aromatic rings. The van der Waals surface area contributed by atoms with Gasteiger partial charge in [0.2, 0.25) is 11.8 Å². The molecule has 2 amide bonds. The summed E-state index contributed by atoms with van der Waals surface area (Å²) in [6.45, 7) is 7.53. The molecule has 0 aliphatic carbocycles. The minimum atomic E-state index is -0.0479. The van der Waals surface area contributed by atoms with Crippen molar-refractivity contribution in [3.8, 4) is 0 Å². The lowest BCUT2D eigenvalue weighted by molar-refractivity contribution is -0.147. The minimum Gasteiger partial charge on any atom is -0.354 e. The largest absolute Gasteiger partial charge is 0.354 e.